The molecule has 2 unspecified atom stereocenters. The van der Waals surface area contributed by atoms with Gasteiger partial charge in [0.15, 0.2) is 0 Å². The van der Waals surface area contributed by atoms with Crippen molar-refractivity contribution >= 4 is 0 Å². The van der Waals surface area contributed by atoms with Crippen molar-refractivity contribution < 1.29 is 4.74 Å². The van der Waals surface area contributed by atoms with Crippen molar-refractivity contribution in [1.29, 1.82) is 0 Å². The summed E-state index contributed by atoms with van der Waals surface area (Å²) < 4.78 is 6.11. The van der Waals surface area contributed by atoms with Crippen LogP contribution in [0.5, 0.6) is 0 Å². The molecule has 152 valence electrons. The zero-order valence-electron chi connectivity index (χ0n) is 17.9. The highest BCUT2D eigenvalue weighted by molar-refractivity contribution is 4.86. The largest absolute Gasteiger partial charge is 0.378 e. The first-order valence-corrected chi connectivity index (χ1v) is 12.4. The summed E-state index contributed by atoms with van der Waals surface area (Å²) in [7, 11) is 0. The SMILES string of the molecule is CCCCC1CCC(C2CCC(C3CCCC(OCCC)C3)CC2)CC1. The highest BCUT2D eigenvalue weighted by Gasteiger charge is 2.35. The predicted molar refractivity (Wildman–Crippen MR) is 112 cm³/mol. The number of unbranched alkanes of at least 4 members (excludes halogenated alkanes) is 1. The summed E-state index contributed by atoms with van der Waals surface area (Å²) in [5, 5.41) is 0. The van der Waals surface area contributed by atoms with Gasteiger partial charge < -0.3 is 4.74 Å². The maximum absolute atomic E-state index is 6.11. The van der Waals surface area contributed by atoms with Crippen molar-refractivity contribution in [2.24, 2.45) is 29.6 Å². The number of ether oxygens (including phenoxy) is 1. The first-order chi connectivity index (χ1) is 12.8. The summed E-state index contributed by atoms with van der Waals surface area (Å²) in [4.78, 5) is 0. The molecule has 3 aliphatic rings. The molecule has 0 amide bonds. The summed E-state index contributed by atoms with van der Waals surface area (Å²) in [6.45, 7) is 5.55. The van der Waals surface area contributed by atoms with Crippen LogP contribution in [-0.2, 0) is 4.74 Å². The molecule has 0 saturated heterocycles. The van der Waals surface area contributed by atoms with Gasteiger partial charge in [-0.15, -0.1) is 0 Å². The fourth-order valence-corrected chi connectivity index (χ4v) is 6.57. The van der Waals surface area contributed by atoms with E-state index in [0.717, 1.165) is 36.2 Å². The van der Waals surface area contributed by atoms with Gasteiger partial charge in [0.1, 0.15) is 0 Å². The number of rotatable bonds is 8. The summed E-state index contributed by atoms with van der Waals surface area (Å²) in [5.41, 5.74) is 0. The van der Waals surface area contributed by atoms with Gasteiger partial charge in [-0.25, -0.2) is 0 Å². The lowest BCUT2D eigenvalue weighted by molar-refractivity contribution is -0.00367. The second kappa shape index (κ2) is 11.1. The first-order valence-electron chi connectivity index (χ1n) is 12.4. The number of hydrogen-bond donors (Lipinski definition) is 0. The van der Waals surface area contributed by atoms with Gasteiger partial charge in [0.05, 0.1) is 6.10 Å². The van der Waals surface area contributed by atoms with Crippen molar-refractivity contribution in [3.8, 4) is 0 Å². The van der Waals surface area contributed by atoms with Crippen LogP contribution < -0.4 is 0 Å². The molecule has 2 atom stereocenters. The average Bonchev–Trinajstić information content (AvgIpc) is 2.71. The molecule has 26 heavy (non-hydrogen) atoms. The van der Waals surface area contributed by atoms with Gasteiger partial charge in [-0.05, 0) is 93.8 Å². The molecule has 0 aromatic carbocycles. The predicted octanol–water partition coefficient (Wildman–Crippen LogP) is 7.77. The van der Waals surface area contributed by atoms with Crippen LogP contribution in [0, 0.1) is 29.6 Å². The van der Waals surface area contributed by atoms with Gasteiger partial charge in [0.2, 0.25) is 0 Å². The second-order valence-corrected chi connectivity index (χ2v) is 10.0. The maximum atomic E-state index is 6.11. The Morgan fingerprint density at radius 1 is 0.654 bits per heavy atom. The Balaban J connectivity index is 1.36. The normalized spacial score (nSPS) is 39.0. The quantitative estimate of drug-likeness (QED) is 0.428. The van der Waals surface area contributed by atoms with E-state index in [0.29, 0.717) is 6.10 Å². The van der Waals surface area contributed by atoms with E-state index in [1.54, 1.807) is 38.5 Å². The minimum Gasteiger partial charge on any atom is -0.378 e. The van der Waals surface area contributed by atoms with Crippen LogP contribution in [0.4, 0.5) is 0 Å². The zero-order chi connectivity index (χ0) is 18.2. The molecule has 3 aliphatic carbocycles. The minimum atomic E-state index is 0.588. The molecule has 3 rings (SSSR count). The molecular formula is C25H46O. The van der Waals surface area contributed by atoms with Crippen molar-refractivity contribution in [2.75, 3.05) is 6.61 Å². The van der Waals surface area contributed by atoms with Crippen molar-refractivity contribution in [3.63, 3.8) is 0 Å². The van der Waals surface area contributed by atoms with E-state index in [4.69, 9.17) is 4.74 Å². The van der Waals surface area contributed by atoms with Gasteiger partial charge >= 0.3 is 0 Å². The highest BCUT2D eigenvalue weighted by Crippen LogP contribution is 2.46. The van der Waals surface area contributed by atoms with E-state index in [1.165, 1.54) is 64.2 Å². The summed E-state index contributed by atoms with van der Waals surface area (Å²) >= 11 is 0. The van der Waals surface area contributed by atoms with Crippen molar-refractivity contribution in [3.05, 3.63) is 0 Å². The van der Waals surface area contributed by atoms with Crippen LogP contribution in [0.15, 0.2) is 0 Å². The van der Waals surface area contributed by atoms with E-state index in [9.17, 15) is 0 Å². The van der Waals surface area contributed by atoms with Crippen LogP contribution in [0.25, 0.3) is 0 Å². The monoisotopic (exact) mass is 362 g/mol. The molecule has 0 aromatic heterocycles. The molecule has 0 radical (unpaired) electrons. The second-order valence-electron chi connectivity index (χ2n) is 10.0. The maximum Gasteiger partial charge on any atom is 0.0577 e. The highest BCUT2D eigenvalue weighted by atomic mass is 16.5. The lowest BCUT2D eigenvalue weighted by Crippen LogP contribution is -2.32. The standard InChI is InChI=1S/C25H46O/c1-3-5-7-20-10-12-21(13-11-20)22-14-16-23(17-15-22)24-8-6-9-25(19-24)26-18-4-2/h20-25H,3-19H2,1-2H3. The van der Waals surface area contributed by atoms with Gasteiger partial charge in [0, 0.05) is 6.61 Å². The molecule has 3 saturated carbocycles. The molecule has 1 nitrogen and oxygen atoms in total. The van der Waals surface area contributed by atoms with Crippen LogP contribution in [-0.4, -0.2) is 12.7 Å². The third-order valence-electron chi connectivity index (χ3n) is 8.23. The lowest BCUT2D eigenvalue weighted by Gasteiger charge is -2.41. The Bertz CT molecular complexity index is 362. The number of hydrogen-bond acceptors (Lipinski definition) is 1. The van der Waals surface area contributed by atoms with Crippen LogP contribution in [0.2, 0.25) is 0 Å². The molecular weight excluding hydrogens is 316 g/mol. The van der Waals surface area contributed by atoms with Crippen molar-refractivity contribution in [1.82, 2.24) is 0 Å². The smallest absolute Gasteiger partial charge is 0.0577 e. The van der Waals surface area contributed by atoms with Gasteiger partial charge in [-0.1, -0.05) is 52.4 Å². The minimum absolute atomic E-state index is 0.588. The molecule has 0 bridgehead atoms. The summed E-state index contributed by atoms with van der Waals surface area (Å²) in [6.07, 6.45) is 24.1. The Morgan fingerprint density at radius 3 is 1.88 bits per heavy atom. The van der Waals surface area contributed by atoms with Crippen LogP contribution in [0.3, 0.4) is 0 Å². The van der Waals surface area contributed by atoms with E-state index >= 15 is 0 Å². The molecule has 0 spiro atoms. The molecule has 0 heterocycles. The van der Waals surface area contributed by atoms with E-state index < -0.39 is 0 Å². The Hall–Kier alpha value is -0.0400. The van der Waals surface area contributed by atoms with Crippen LogP contribution >= 0.6 is 0 Å². The molecule has 0 aromatic rings. The molecule has 1 heteroatoms. The molecule has 3 fully saturated rings. The fourth-order valence-electron chi connectivity index (χ4n) is 6.57. The van der Waals surface area contributed by atoms with E-state index in [1.807, 2.05) is 0 Å². The third kappa shape index (κ3) is 5.98. The molecule has 0 aliphatic heterocycles. The molecule has 0 N–H and O–H groups in total. The summed E-state index contributed by atoms with van der Waals surface area (Å²) in [6, 6.07) is 0. The van der Waals surface area contributed by atoms with Gasteiger partial charge in [-0.3, -0.25) is 0 Å². The Labute approximate surface area is 164 Å². The third-order valence-corrected chi connectivity index (χ3v) is 8.23. The summed E-state index contributed by atoms with van der Waals surface area (Å²) in [5.74, 6) is 5.25. The Morgan fingerprint density at radius 2 is 1.27 bits per heavy atom. The average molecular weight is 363 g/mol. The van der Waals surface area contributed by atoms with Gasteiger partial charge in [0.25, 0.3) is 0 Å². The first kappa shape index (κ1) is 20.7. The fraction of sp³-hybridized carbons (Fsp3) is 1.00. The Kier molecular flexibility index (Phi) is 8.82. The van der Waals surface area contributed by atoms with E-state index in [2.05, 4.69) is 13.8 Å². The van der Waals surface area contributed by atoms with Crippen molar-refractivity contribution in [2.45, 2.75) is 123 Å². The zero-order valence-corrected chi connectivity index (χ0v) is 17.9. The lowest BCUT2D eigenvalue weighted by atomic mass is 9.65. The topological polar surface area (TPSA) is 9.23 Å². The van der Waals surface area contributed by atoms with Crippen LogP contribution in [0.1, 0.15) is 117 Å². The van der Waals surface area contributed by atoms with E-state index in [-0.39, 0.29) is 0 Å². The van der Waals surface area contributed by atoms with Gasteiger partial charge in [-0.2, -0.15) is 0 Å².